The van der Waals surface area contributed by atoms with Crippen LogP contribution >= 0.6 is 11.3 Å². The summed E-state index contributed by atoms with van der Waals surface area (Å²) in [4.78, 5) is 14.9. The Labute approximate surface area is 180 Å². The van der Waals surface area contributed by atoms with Crippen molar-refractivity contribution in [2.45, 2.75) is 33.7 Å². The van der Waals surface area contributed by atoms with Crippen LogP contribution in [0.4, 0.5) is 5.82 Å². The fraction of sp³-hybridized carbons (Fsp3) is 0.318. The SMILES string of the molecule is COCC(C)n1c(C)cc(/C=C(/C#N)C(=O)Nc2cc(-c3ccc(C)s3)[nH]n2)c1C. The average Bonchev–Trinajstić information content (AvgIpc) is 3.39. The number of methoxy groups -OCH3 is 1. The molecule has 0 aromatic carbocycles. The number of amides is 1. The molecule has 0 aliphatic carbocycles. The predicted molar refractivity (Wildman–Crippen MR) is 119 cm³/mol. The molecule has 0 bridgehead atoms. The van der Waals surface area contributed by atoms with Crippen molar-refractivity contribution in [2.75, 3.05) is 19.0 Å². The number of nitrogens with one attached hydrogen (secondary N) is 2. The van der Waals surface area contributed by atoms with Crippen molar-refractivity contribution in [3.8, 4) is 16.6 Å². The van der Waals surface area contributed by atoms with Crippen molar-refractivity contribution in [2.24, 2.45) is 0 Å². The Morgan fingerprint density at radius 3 is 2.80 bits per heavy atom. The van der Waals surface area contributed by atoms with Gasteiger partial charge in [-0.2, -0.15) is 10.4 Å². The summed E-state index contributed by atoms with van der Waals surface area (Å²) in [7, 11) is 1.67. The van der Waals surface area contributed by atoms with Crippen molar-refractivity contribution < 1.29 is 9.53 Å². The van der Waals surface area contributed by atoms with E-state index in [9.17, 15) is 10.1 Å². The quantitative estimate of drug-likeness (QED) is 0.428. The van der Waals surface area contributed by atoms with E-state index in [0.29, 0.717) is 12.4 Å². The number of H-pyrrole nitrogens is 1. The minimum absolute atomic E-state index is 0.0196. The Morgan fingerprint density at radius 1 is 1.40 bits per heavy atom. The van der Waals surface area contributed by atoms with Gasteiger partial charge in [0.2, 0.25) is 0 Å². The van der Waals surface area contributed by atoms with Crippen LogP contribution in [-0.2, 0) is 9.53 Å². The lowest BCUT2D eigenvalue weighted by atomic mass is 10.1. The number of anilines is 1. The van der Waals surface area contributed by atoms with Crippen molar-refractivity contribution in [3.63, 3.8) is 0 Å². The van der Waals surface area contributed by atoms with Crippen LogP contribution in [0.2, 0.25) is 0 Å². The summed E-state index contributed by atoms with van der Waals surface area (Å²) in [5.41, 5.74) is 3.70. The second-order valence-corrected chi connectivity index (χ2v) is 8.49. The molecule has 0 aliphatic rings. The van der Waals surface area contributed by atoms with Gasteiger partial charge in [-0.1, -0.05) is 0 Å². The first-order valence-corrected chi connectivity index (χ1v) is 10.4. The van der Waals surface area contributed by atoms with Crippen LogP contribution in [0.5, 0.6) is 0 Å². The molecule has 3 rings (SSSR count). The van der Waals surface area contributed by atoms with E-state index in [1.807, 2.05) is 45.0 Å². The first-order valence-electron chi connectivity index (χ1n) is 9.56. The molecule has 3 aromatic heterocycles. The Morgan fingerprint density at radius 2 is 2.17 bits per heavy atom. The number of carbonyl (C=O) groups excluding carboxylic acids is 1. The summed E-state index contributed by atoms with van der Waals surface area (Å²) in [5.74, 6) is -0.117. The van der Waals surface area contributed by atoms with Gasteiger partial charge in [0.05, 0.1) is 23.2 Å². The molecule has 0 radical (unpaired) electrons. The number of ether oxygens (including phenoxy) is 1. The van der Waals surface area contributed by atoms with E-state index < -0.39 is 5.91 Å². The predicted octanol–water partition coefficient (Wildman–Crippen LogP) is 4.62. The minimum Gasteiger partial charge on any atom is -0.383 e. The van der Waals surface area contributed by atoms with Gasteiger partial charge in [0, 0.05) is 29.4 Å². The number of nitriles is 1. The van der Waals surface area contributed by atoms with Gasteiger partial charge in [-0.3, -0.25) is 9.89 Å². The zero-order valence-electron chi connectivity index (χ0n) is 17.7. The molecule has 7 nitrogen and oxygen atoms in total. The van der Waals surface area contributed by atoms with Gasteiger partial charge in [0.15, 0.2) is 5.82 Å². The van der Waals surface area contributed by atoms with Crippen LogP contribution in [-0.4, -0.2) is 34.4 Å². The van der Waals surface area contributed by atoms with Crippen molar-refractivity contribution in [1.82, 2.24) is 14.8 Å². The molecule has 0 spiro atoms. The van der Waals surface area contributed by atoms with Crippen molar-refractivity contribution in [1.29, 1.82) is 5.26 Å². The van der Waals surface area contributed by atoms with Crippen LogP contribution in [0.3, 0.4) is 0 Å². The average molecular weight is 424 g/mol. The summed E-state index contributed by atoms with van der Waals surface area (Å²) in [6.07, 6.45) is 1.61. The van der Waals surface area contributed by atoms with Gasteiger partial charge in [-0.15, -0.1) is 11.3 Å². The summed E-state index contributed by atoms with van der Waals surface area (Å²) in [5, 5.41) is 19.3. The smallest absolute Gasteiger partial charge is 0.267 e. The van der Waals surface area contributed by atoms with Gasteiger partial charge in [-0.05, 0) is 57.5 Å². The number of hydrogen-bond acceptors (Lipinski definition) is 5. The van der Waals surface area contributed by atoms with Crippen LogP contribution in [0, 0.1) is 32.1 Å². The highest BCUT2D eigenvalue weighted by atomic mass is 32.1. The second-order valence-electron chi connectivity index (χ2n) is 7.20. The molecule has 30 heavy (non-hydrogen) atoms. The number of rotatable bonds is 7. The number of nitrogens with zero attached hydrogens (tertiary/aromatic N) is 3. The number of thiophene rings is 1. The van der Waals surface area contributed by atoms with Gasteiger partial charge < -0.3 is 14.6 Å². The Balaban J connectivity index is 1.80. The Hall–Kier alpha value is -3.15. The Kier molecular flexibility index (Phi) is 6.55. The largest absolute Gasteiger partial charge is 0.383 e. The Bertz CT molecular complexity index is 1130. The van der Waals surface area contributed by atoms with Gasteiger partial charge in [-0.25, -0.2) is 0 Å². The van der Waals surface area contributed by atoms with E-state index >= 15 is 0 Å². The van der Waals surface area contributed by atoms with Gasteiger partial charge in [0.25, 0.3) is 5.91 Å². The maximum atomic E-state index is 12.7. The lowest BCUT2D eigenvalue weighted by Gasteiger charge is -2.17. The molecule has 156 valence electrons. The second kappa shape index (κ2) is 9.11. The normalized spacial score (nSPS) is 12.6. The van der Waals surface area contributed by atoms with Crippen LogP contribution in [0.1, 0.15) is 34.8 Å². The zero-order chi connectivity index (χ0) is 21.8. The molecule has 0 fully saturated rings. The molecular formula is C22H25N5O2S. The molecular weight excluding hydrogens is 398 g/mol. The van der Waals surface area contributed by atoms with Crippen molar-refractivity contribution in [3.05, 3.63) is 51.7 Å². The summed E-state index contributed by atoms with van der Waals surface area (Å²) >= 11 is 1.64. The molecule has 1 unspecified atom stereocenters. The third kappa shape index (κ3) is 4.53. The fourth-order valence-electron chi connectivity index (χ4n) is 3.52. The van der Waals surface area contributed by atoms with E-state index in [-0.39, 0.29) is 11.6 Å². The van der Waals surface area contributed by atoms with E-state index in [4.69, 9.17) is 4.74 Å². The highest BCUT2D eigenvalue weighted by molar-refractivity contribution is 7.15. The standard InChI is InChI=1S/C22H25N5O2S/c1-13-8-17(16(4)27(13)14(2)12-29-5)9-18(11-23)22(28)24-21-10-19(25-26-21)20-7-6-15(3)30-20/h6-10,14H,12H2,1-5H3,(H2,24,25,26,28)/b18-9-. The van der Waals surface area contributed by atoms with Crippen LogP contribution in [0.15, 0.2) is 29.8 Å². The molecule has 1 atom stereocenters. The zero-order valence-corrected chi connectivity index (χ0v) is 18.6. The lowest BCUT2D eigenvalue weighted by Crippen LogP contribution is -2.14. The van der Waals surface area contributed by atoms with E-state index in [1.54, 1.807) is 30.6 Å². The lowest BCUT2D eigenvalue weighted by molar-refractivity contribution is -0.112. The maximum absolute atomic E-state index is 12.7. The molecule has 2 N–H and O–H groups in total. The number of hydrogen-bond donors (Lipinski definition) is 2. The van der Waals surface area contributed by atoms with E-state index in [0.717, 1.165) is 27.5 Å². The molecule has 0 saturated carbocycles. The summed E-state index contributed by atoms with van der Waals surface area (Å²) < 4.78 is 7.40. The van der Waals surface area contributed by atoms with E-state index in [2.05, 4.69) is 27.0 Å². The maximum Gasteiger partial charge on any atom is 0.267 e. The van der Waals surface area contributed by atoms with E-state index in [1.165, 1.54) is 4.88 Å². The molecule has 0 saturated heterocycles. The topological polar surface area (TPSA) is 95.7 Å². The molecule has 3 heterocycles. The van der Waals surface area contributed by atoms with Crippen molar-refractivity contribution >= 4 is 29.1 Å². The highest BCUT2D eigenvalue weighted by Crippen LogP contribution is 2.28. The van der Waals surface area contributed by atoms with Gasteiger partial charge in [0.1, 0.15) is 11.6 Å². The monoisotopic (exact) mass is 423 g/mol. The third-order valence-electron chi connectivity index (χ3n) is 4.86. The summed E-state index contributed by atoms with van der Waals surface area (Å²) in [6.45, 7) is 8.65. The number of aryl methyl sites for hydroxylation is 2. The number of aromatic amines is 1. The molecule has 3 aromatic rings. The van der Waals surface area contributed by atoms with Gasteiger partial charge >= 0.3 is 0 Å². The van der Waals surface area contributed by atoms with Crippen LogP contribution < -0.4 is 5.32 Å². The first kappa shape index (κ1) is 21.6. The number of carbonyl (C=O) groups is 1. The summed E-state index contributed by atoms with van der Waals surface area (Å²) in [6, 6.07) is 9.91. The molecule has 1 amide bonds. The minimum atomic E-state index is -0.493. The third-order valence-corrected chi connectivity index (χ3v) is 5.90. The number of aromatic nitrogens is 3. The first-order chi connectivity index (χ1) is 14.3. The molecule has 0 aliphatic heterocycles. The fourth-order valence-corrected chi connectivity index (χ4v) is 4.36. The molecule has 8 heteroatoms. The highest BCUT2D eigenvalue weighted by Gasteiger charge is 2.17. The van der Waals surface area contributed by atoms with Crippen LogP contribution in [0.25, 0.3) is 16.6 Å².